The van der Waals surface area contributed by atoms with Crippen molar-refractivity contribution in [3.8, 4) is 0 Å². The Balaban J connectivity index is 0.00000200. The number of rotatable bonds is 3. The van der Waals surface area contributed by atoms with E-state index in [-0.39, 0.29) is 24.1 Å². The first-order valence-electron chi connectivity index (χ1n) is 6.42. The first kappa shape index (κ1) is 16.4. The lowest BCUT2D eigenvalue weighted by Crippen LogP contribution is -2.46. The summed E-state index contributed by atoms with van der Waals surface area (Å²) in [5.74, 6) is -0.222. The molecule has 1 aliphatic heterocycles. The van der Waals surface area contributed by atoms with Crippen molar-refractivity contribution in [3.05, 3.63) is 48.0 Å². The molecule has 1 saturated heterocycles. The number of amides is 1. The van der Waals surface area contributed by atoms with Crippen molar-refractivity contribution in [3.63, 3.8) is 0 Å². The molecule has 4 nitrogen and oxygen atoms in total. The molecule has 1 fully saturated rings. The zero-order valence-electron chi connectivity index (χ0n) is 11.5. The van der Waals surface area contributed by atoms with Crippen LogP contribution in [-0.4, -0.2) is 54.7 Å². The molecule has 0 spiro atoms. The Hall–Kier alpha value is -1.65. The Bertz CT molecular complexity index is 480. The lowest BCUT2D eigenvalue weighted by atomic mass is 10.1. The van der Waals surface area contributed by atoms with Crippen LogP contribution in [0.25, 0.3) is 0 Å². The van der Waals surface area contributed by atoms with E-state index in [1.54, 1.807) is 17.0 Å². The Labute approximate surface area is 125 Å². The number of nitrogens with zero attached hydrogens (tertiary/aromatic N) is 2. The van der Waals surface area contributed by atoms with Crippen molar-refractivity contribution in [1.29, 1.82) is 0 Å². The summed E-state index contributed by atoms with van der Waals surface area (Å²) in [6, 6.07) is 8.96. The van der Waals surface area contributed by atoms with Crippen LogP contribution < -0.4 is 0 Å². The number of piperazine rings is 1. The molecule has 5 heteroatoms. The quantitative estimate of drug-likeness (QED) is 0.628. The zero-order valence-corrected chi connectivity index (χ0v) is 12.3. The first-order valence-corrected chi connectivity index (χ1v) is 6.42. The van der Waals surface area contributed by atoms with Gasteiger partial charge in [-0.3, -0.25) is 9.59 Å². The average Bonchev–Trinajstić information content (AvgIpc) is 2.46. The van der Waals surface area contributed by atoms with E-state index < -0.39 is 0 Å². The molecule has 0 unspecified atom stereocenters. The molecule has 0 aliphatic carbocycles. The molecular formula is C15H19ClN2O2. The number of ketones is 1. The molecule has 20 heavy (non-hydrogen) atoms. The molecular weight excluding hydrogens is 276 g/mol. The van der Waals surface area contributed by atoms with E-state index in [0.717, 1.165) is 26.2 Å². The van der Waals surface area contributed by atoms with E-state index in [2.05, 4.69) is 4.90 Å². The van der Waals surface area contributed by atoms with Gasteiger partial charge in [-0.25, -0.2) is 0 Å². The van der Waals surface area contributed by atoms with Crippen LogP contribution in [-0.2, 0) is 4.79 Å². The average molecular weight is 295 g/mol. The van der Waals surface area contributed by atoms with Crippen molar-refractivity contribution in [2.75, 3.05) is 33.2 Å². The van der Waals surface area contributed by atoms with E-state index in [4.69, 9.17) is 0 Å². The lowest BCUT2D eigenvalue weighted by Gasteiger charge is -2.31. The van der Waals surface area contributed by atoms with Gasteiger partial charge in [-0.05, 0) is 13.1 Å². The minimum atomic E-state index is -0.136. The van der Waals surface area contributed by atoms with Gasteiger partial charge in [0.15, 0.2) is 5.78 Å². The van der Waals surface area contributed by atoms with Gasteiger partial charge in [0, 0.05) is 37.8 Å². The Kier molecular flexibility index (Phi) is 6.42. The highest BCUT2D eigenvalue weighted by Crippen LogP contribution is 2.03. The highest BCUT2D eigenvalue weighted by molar-refractivity contribution is 6.07. The minimum absolute atomic E-state index is 0. The molecule has 0 radical (unpaired) electrons. The van der Waals surface area contributed by atoms with Crippen LogP contribution in [0.1, 0.15) is 10.4 Å². The monoisotopic (exact) mass is 294 g/mol. The number of carbonyl (C=O) groups is 2. The van der Waals surface area contributed by atoms with Gasteiger partial charge in [0.1, 0.15) is 0 Å². The van der Waals surface area contributed by atoms with Crippen molar-refractivity contribution < 1.29 is 9.59 Å². The molecule has 1 amide bonds. The van der Waals surface area contributed by atoms with E-state index >= 15 is 0 Å². The minimum Gasteiger partial charge on any atom is -0.337 e. The second-order valence-corrected chi connectivity index (χ2v) is 4.69. The fourth-order valence-electron chi connectivity index (χ4n) is 1.98. The van der Waals surface area contributed by atoms with E-state index in [1.165, 1.54) is 12.2 Å². The van der Waals surface area contributed by atoms with Crippen LogP contribution >= 0.6 is 12.4 Å². The summed E-state index contributed by atoms with van der Waals surface area (Å²) in [5, 5.41) is 0. The highest BCUT2D eigenvalue weighted by atomic mass is 35.5. The third kappa shape index (κ3) is 4.47. The predicted molar refractivity (Wildman–Crippen MR) is 81.2 cm³/mol. The molecule has 1 heterocycles. The number of hydrogen-bond donors (Lipinski definition) is 0. The smallest absolute Gasteiger partial charge is 0.246 e. The van der Waals surface area contributed by atoms with Crippen molar-refractivity contribution in [2.45, 2.75) is 0 Å². The highest BCUT2D eigenvalue weighted by Gasteiger charge is 2.17. The molecule has 0 saturated carbocycles. The number of carbonyl (C=O) groups excluding carboxylic acids is 2. The molecule has 108 valence electrons. The molecule has 0 atom stereocenters. The van der Waals surface area contributed by atoms with Crippen molar-refractivity contribution >= 4 is 24.1 Å². The maximum Gasteiger partial charge on any atom is 0.246 e. The number of likely N-dealkylation sites (N-methyl/N-ethyl adjacent to an activating group) is 1. The summed E-state index contributed by atoms with van der Waals surface area (Å²) in [6.45, 7) is 3.21. The van der Waals surface area contributed by atoms with Crippen LogP contribution in [0.2, 0.25) is 0 Å². The Morgan fingerprint density at radius 2 is 1.60 bits per heavy atom. The van der Waals surface area contributed by atoms with Crippen LogP contribution in [0.4, 0.5) is 0 Å². The summed E-state index contributed by atoms with van der Waals surface area (Å²) in [7, 11) is 2.04. The Morgan fingerprint density at radius 1 is 1.00 bits per heavy atom. The van der Waals surface area contributed by atoms with E-state index in [0.29, 0.717) is 5.56 Å². The molecule has 0 N–H and O–H groups in total. The normalized spacial score (nSPS) is 15.9. The standard InChI is InChI=1S/C15H18N2O2.ClH/c1-16-9-11-17(12-10-16)15(19)8-7-14(18)13-5-3-2-4-6-13;/h2-8H,9-12H2,1H3;1H/b8-7+;. The summed E-state index contributed by atoms with van der Waals surface area (Å²) in [4.78, 5) is 27.7. The summed E-state index contributed by atoms with van der Waals surface area (Å²) in [6.07, 6.45) is 2.73. The summed E-state index contributed by atoms with van der Waals surface area (Å²) in [5.41, 5.74) is 0.602. The van der Waals surface area contributed by atoms with Crippen LogP contribution in [0.15, 0.2) is 42.5 Å². The fourth-order valence-corrected chi connectivity index (χ4v) is 1.98. The molecule has 1 aromatic rings. The van der Waals surface area contributed by atoms with Gasteiger partial charge in [0.25, 0.3) is 0 Å². The molecule has 0 aromatic heterocycles. The Morgan fingerprint density at radius 3 is 2.20 bits per heavy atom. The summed E-state index contributed by atoms with van der Waals surface area (Å²) < 4.78 is 0. The molecule has 1 aromatic carbocycles. The fraction of sp³-hybridized carbons (Fsp3) is 0.333. The lowest BCUT2D eigenvalue weighted by molar-refractivity contribution is -0.127. The second kappa shape index (κ2) is 7.82. The number of allylic oxidation sites excluding steroid dienone is 1. The van der Waals surface area contributed by atoms with Gasteiger partial charge in [-0.2, -0.15) is 0 Å². The summed E-state index contributed by atoms with van der Waals surface area (Å²) >= 11 is 0. The zero-order chi connectivity index (χ0) is 13.7. The number of hydrogen-bond acceptors (Lipinski definition) is 3. The third-order valence-corrected chi connectivity index (χ3v) is 3.25. The molecule has 0 bridgehead atoms. The van der Waals surface area contributed by atoms with Gasteiger partial charge in [-0.15, -0.1) is 12.4 Å². The van der Waals surface area contributed by atoms with Gasteiger partial charge in [0.05, 0.1) is 0 Å². The van der Waals surface area contributed by atoms with E-state index in [1.807, 2.05) is 25.2 Å². The van der Waals surface area contributed by atoms with Crippen LogP contribution in [0, 0.1) is 0 Å². The van der Waals surface area contributed by atoms with Crippen LogP contribution in [0.3, 0.4) is 0 Å². The van der Waals surface area contributed by atoms with Gasteiger partial charge < -0.3 is 9.80 Å². The van der Waals surface area contributed by atoms with E-state index in [9.17, 15) is 9.59 Å². The second-order valence-electron chi connectivity index (χ2n) is 4.69. The topological polar surface area (TPSA) is 40.6 Å². The van der Waals surface area contributed by atoms with Gasteiger partial charge >= 0.3 is 0 Å². The molecule has 1 aliphatic rings. The van der Waals surface area contributed by atoms with Crippen LogP contribution in [0.5, 0.6) is 0 Å². The SMILES string of the molecule is CN1CCN(C(=O)/C=C/C(=O)c2ccccc2)CC1.Cl. The van der Waals surface area contributed by atoms with Gasteiger partial charge in [0.2, 0.25) is 5.91 Å². The maximum atomic E-state index is 11.9. The first-order chi connectivity index (χ1) is 9.16. The predicted octanol–water partition coefficient (Wildman–Crippen LogP) is 1.62. The van der Waals surface area contributed by atoms with Crippen molar-refractivity contribution in [2.24, 2.45) is 0 Å². The number of halogens is 1. The maximum absolute atomic E-state index is 11.9. The largest absolute Gasteiger partial charge is 0.337 e. The third-order valence-electron chi connectivity index (χ3n) is 3.25. The van der Waals surface area contributed by atoms with Crippen molar-refractivity contribution in [1.82, 2.24) is 9.80 Å². The number of benzene rings is 1. The van der Waals surface area contributed by atoms with Gasteiger partial charge in [-0.1, -0.05) is 30.3 Å². The molecule has 2 rings (SSSR count).